The molecule has 0 spiro atoms. The maximum absolute atomic E-state index is 11.6. The molecule has 2 rings (SSSR count). The van der Waals surface area contributed by atoms with Crippen molar-refractivity contribution in [3.63, 3.8) is 0 Å². The molecule has 0 saturated carbocycles. The van der Waals surface area contributed by atoms with Gasteiger partial charge in [-0.05, 0) is 19.1 Å². The second-order valence-corrected chi connectivity index (χ2v) is 6.71. The predicted molar refractivity (Wildman–Crippen MR) is 91.5 cm³/mol. The molecule has 1 atom stereocenters. The van der Waals surface area contributed by atoms with Crippen molar-refractivity contribution in [3.8, 4) is 0 Å². The van der Waals surface area contributed by atoms with E-state index in [-0.39, 0.29) is 5.30 Å². The van der Waals surface area contributed by atoms with Gasteiger partial charge in [-0.1, -0.05) is 48.0 Å². The first-order chi connectivity index (χ1) is 11.0. The molecule has 2 N–H and O–H groups in total. The Bertz CT molecular complexity index is 751. The molecule has 0 aliphatic heterocycles. The standard InChI is InChI=1S/C17H18NO4P/c1-3-12-18-17(14-6-4-13(2)5-7-14)15-8-10-16(11-9-15)23(20,21)22-19/h3-11,19H,1,12H2,2H3,(H,20,21). The molecule has 0 heterocycles. The molecule has 0 bridgehead atoms. The highest BCUT2D eigenvalue weighted by Crippen LogP contribution is 2.39. The van der Waals surface area contributed by atoms with Crippen LogP contribution < -0.4 is 5.30 Å². The average molecular weight is 331 g/mol. The van der Waals surface area contributed by atoms with E-state index in [1.165, 1.54) is 12.1 Å². The van der Waals surface area contributed by atoms with E-state index < -0.39 is 7.60 Å². The van der Waals surface area contributed by atoms with Gasteiger partial charge in [0.25, 0.3) is 0 Å². The number of hydrogen-bond acceptors (Lipinski definition) is 4. The van der Waals surface area contributed by atoms with E-state index in [1.807, 2.05) is 31.2 Å². The summed E-state index contributed by atoms with van der Waals surface area (Å²) in [6.07, 6.45) is 1.70. The van der Waals surface area contributed by atoms with Crippen LogP contribution in [0.3, 0.4) is 0 Å². The van der Waals surface area contributed by atoms with Crippen molar-refractivity contribution in [1.82, 2.24) is 0 Å². The van der Waals surface area contributed by atoms with Crippen molar-refractivity contribution >= 4 is 18.6 Å². The van der Waals surface area contributed by atoms with Crippen LogP contribution in [0.1, 0.15) is 16.7 Å². The molecule has 5 nitrogen and oxygen atoms in total. The summed E-state index contributed by atoms with van der Waals surface area (Å²) < 4.78 is 15.2. The lowest BCUT2D eigenvalue weighted by Crippen LogP contribution is -2.09. The summed E-state index contributed by atoms with van der Waals surface area (Å²) in [5.41, 5.74) is 3.64. The maximum Gasteiger partial charge on any atom is 0.385 e. The normalized spacial score (nSPS) is 14.3. The lowest BCUT2D eigenvalue weighted by atomic mass is 10.0. The van der Waals surface area contributed by atoms with Crippen LogP contribution in [0.2, 0.25) is 0 Å². The number of hydrogen-bond donors (Lipinski definition) is 2. The molecule has 6 heteroatoms. The third kappa shape index (κ3) is 4.24. The van der Waals surface area contributed by atoms with Crippen LogP contribution in [0.5, 0.6) is 0 Å². The molecule has 0 aliphatic rings. The summed E-state index contributed by atoms with van der Waals surface area (Å²) in [5, 5.41) is 8.51. The SMILES string of the molecule is C=CCN=C(c1ccc(C)cc1)c1ccc(P(=O)(O)OO)cc1. The molecular formula is C17H18NO4P. The van der Waals surface area contributed by atoms with Crippen LogP contribution >= 0.6 is 7.60 Å². The number of benzene rings is 2. The van der Waals surface area contributed by atoms with Crippen molar-refractivity contribution in [2.24, 2.45) is 4.99 Å². The summed E-state index contributed by atoms with van der Waals surface area (Å²) >= 11 is 0. The van der Waals surface area contributed by atoms with Crippen LogP contribution in [-0.2, 0) is 9.24 Å². The van der Waals surface area contributed by atoms with Crippen LogP contribution in [-0.4, -0.2) is 22.4 Å². The summed E-state index contributed by atoms with van der Waals surface area (Å²) in [6, 6.07) is 14.1. The van der Waals surface area contributed by atoms with Crippen LogP contribution in [0, 0.1) is 6.92 Å². The van der Waals surface area contributed by atoms with Gasteiger partial charge in [0.2, 0.25) is 0 Å². The maximum atomic E-state index is 11.6. The number of rotatable bonds is 6. The lowest BCUT2D eigenvalue weighted by Gasteiger charge is -2.10. The number of aryl methyl sites for hydroxylation is 1. The van der Waals surface area contributed by atoms with E-state index in [0.717, 1.165) is 22.4 Å². The summed E-state index contributed by atoms with van der Waals surface area (Å²) in [7, 11) is -4.18. The van der Waals surface area contributed by atoms with E-state index in [1.54, 1.807) is 18.2 Å². The Balaban J connectivity index is 2.42. The van der Waals surface area contributed by atoms with Crippen molar-refractivity contribution in [3.05, 3.63) is 77.9 Å². The second kappa shape index (κ2) is 7.49. The molecule has 0 amide bonds. The van der Waals surface area contributed by atoms with Crippen molar-refractivity contribution in [2.45, 2.75) is 6.92 Å². The Morgan fingerprint density at radius 1 is 1.17 bits per heavy atom. The summed E-state index contributed by atoms with van der Waals surface area (Å²) in [5.74, 6) is 0. The lowest BCUT2D eigenvalue weighted by molar-refractivity contribution is -0.143. The number of aliphatic imine (C=N–C) groups is 1. The molecule has 0 aliphatic carbocycles. The van der Waals surface area contributed by atoms with E-state index in [4.69, 9.17) is 5.26 Å². The Morgan fingerprint density at radius 3 is 2.17 bits per heavy atom. The van der Waals surface area contributed by atoms with Gasteiger partial charge in [-0.2, -0.15) is 0 Å². The van der Waals surface area contributed by atoms with Gasteiger partial charge in [0.1, 0.15) is 0 Å². The average Bonchev–Trinajstić information content (AvgIpc) is 2.57. The first-order valence-corrected chi connectivity index (χ1v) is 8.55. The Labute approximate surface area is 135 Å². The minimum Gasteiger partial charge on any atom is -0.319 e. The van der Waals surface area contributed by atoms with Gasteiger partial charge in [0.15, 0.2) is 0 Å². The van der Waals surface area contributed by atoms with Gasteiger partial charge in [0, 0.05) is 11.1 Å². The highest BCUT2D eigenvalue weighted by molar-refractivity contribution is 7.61. The molecule has 0 radical (unpaired) electrons. The fourth-order valence-corrected chi connectivity index (χ4v) is 2.69. The molecule has 0 fully saturated rings. The van der Waals surface area contributed by atoms with Crippen molar-refractivity contribution in [2.75, 3.05) is 6.54 Å². The van der Waals surface area contributed by atoms with Gasteiger partial charge in [-0.25, -0.2) is 5.26 Å². The minimum atomic E-state index is -4.18. The molecule has 2 aromatic carbocycles. The largest absolute Gasteiger partial charge is 0.385 e. The molecule has 120 valence electrons. The topological polar surface area (TPSA) is 79.1 Å². The van der Waals surface area contributed by atoms with E-state index in [2.05, 4.69) is 16.2 Å². The van der Waals surface area contributed by atoms with E-state index in [9.17, 15) is 9.46 Å². The molecule has 0 saturated heterocycles. The fourth-order valence-electron chi connectivity index (χ4n) is 2.07. The predicted octanol–water partition coefficient (Wildman–Crippen LogP) is 3.32. The van der Waals surface area contributed by atoms with Gasteiger partial charge < -0.3 is 4.89 Å². The van der Waals surface area contributed by atoms with Gasteiger partial charge >= 0.3 is 7.60 Å². The van der Waals surface area contributed by atoms with Crippen LogP contribution in [0.15, 0.2) is 66.2 Å². The second-order valence-electron chi connectivity index (χ2n) is 4.99. The zero-order valence-electron chi connectivity index (χ0n) is 12.7. The molecular weight excluding hydrogens is 313 g/mol. The zero-order valence-corrected chi connectivity index (χ0v) is 13.6. The molecule has 0 aromatic heterocycles. The van der Waals surface area contributed by atoms with E-state index >= 15 is 0 Å². The minimum absolute atomic E-state index is 0.00993. The third-order valence-electron chi connectivity index (χ3n) is 3.28. The summed E-state index contributed by atoms with van der Waals surface area (Å²) in [6.45, 7) is 6.14. The van der Waals surface area contributed by atoms with Crippen molar-refractivity contribution in [1.29, 1.82) is 0 Å². The molecule has 2 aromatic rings. The van der Waals surface area contributed by atoms with E-state index in [0.29, 0.717) is 6.54 Å². The molecule has 1 unspecified atom stereocenters. The third-order valence-corrected chi connectivity index (χ3v) is 4.45. The highest BCUT2D eigenvalue weighted by atomic mass is 31.2. The van der Waals surface area contributed by atoms with Crippen LogP contribution in [0.25, 0.3) is 0 Å². The Hall–Kier alpha value is -2.04. The quantitative estimate of drug-likeness (QED) is 0.280. The smallest absolute Gasteiger partial charge is 0.319 e. The Kier molecular flexibility index (Phi) is 5.64. The van der Waals surface area contributed by atoms with Gasteiger partial charge in [-0.3, -0.25) is 9.56 Å². The Morgan fingerprint density at radius 2 is 1.70 bits per heavy atom. The first-order valence-electron chi connectivity index (χ1n) is 6.97. The highest BCUT2D eigenvalue weighted by Gasteiger charge is 2.22. The van der Waals surface area contributed by atoms with Gasteiger partial charge in [0.05, 0.1) is 17.6 Å². The zero-order chi connectivity index (χ0) is 16.9. The fraction of sp³-hybridized carbons (Fsp3) is 0.118. The van der Waals surface area contributed by atoms with Crippen LogP contribution in [0.4, 0.5) is 0 Å². The monoisotopic (exact) mass is 331 g/mol. The first kappa shape index (κ1) is 17.3. The van der Waals surface area contributed by atoms with Gasteiger partial charge in [-0.15, -0.1) is 11.3 Å². The number of nitrogens with zero attached hydrogens (tertiary/aromatic N) is 1. The summed E-state index contributed by atoms with van der Waals surface area (Å²) in [4.78, 5) is 14.0. The molecule has 23 heavy (non-hydrogen) atoms. The van der Waals surface area contributed by atoms with Crippen molar-refractivity contribution < 1.29 is 19.4 Å².